The zero-order valence-electron chi connectivity index (χ0n) is 17.4. The molecule has 0 aliphatic carbocycles. The first kappa shape index (κ1) is 21.8. The number of ether oxygens (including phenoxy) is 2. The van der Waals surface area contributed by atoms with Gasteiger partial charge in [0.15, 0.2) is 11.0 Å². The number of hydrogen-bond acceptors (Lipinski definition) is 8. The van der Waals surface area contributed by atoms with Gasteiger partial charge in [0, 0.05) is 18.1 Å². The van der Waals surface area contributed by atoms with Gasteiger partial charge in [-0.3, -0.25) is 4.57 Å². The Balaban J connectivity index is 1.60. The fourth-order valence-electron chi connectivity index (χ4n) is 3.67. The number of hydrogen-bond donors (Lipinski definition) is 2. The molecule has 0 spiro atoms. The van der Waals surface area contributed by atoms with Crippen molar-refractivity contribution in [2.45, 2.75) is 50.5 Å². The molecule has 1 saturated heterocycles. The summed E-state index contributed by atoms with van der Waals surface area (Å²) >= 11 is 3.04. The maximum Gasteiger partial charge on any atom is 0.337 e. The monoisotopic (exact) mass is 463 g/mol. The highest BCUT2D eigenvalue weighted by Gasteiger charge is 2.30. The van der Waals surface area contributed by atoms with Crippen LogP contribution in [-0.2, 0) is 20.8 Å². The maximum atomic E-state index is 12.5. The number of nitrogens with zero attached hydrogens (tertiary/aromatic N) is 3. The van der Waals surface area contributed by atoms with E-state index in [1.165, 1.54) is 11.8 Å². The average molecular weight is 464 g/mol. The molecule has 2 aromatic rings. The molecular formula is C20H25N5O4S2. The zero-order valence-corrected chi connectivity index (χ0v) is 19.1. The maximum absolute atomic E-state index is 12.5. The standard InChI is InChI=1S/C20H25N5O4S2/c1-3-28-18(26)16-12(2)21-19(27)22-14(16)11-31-20-24-23-17(15-7-5-9-30-15)25(20)10-13-6-4-8-29-13/h5,7,9,12-13H,3-4,6,8,10-11H2,1-2H3,(H2,21,22,27)/t12-,13+/m1/s1. The van der Waals surface area contributed by atoms with E-state index in [9.17, 15) is 9.59 Å². The van der Waals surface area contributed by atoms with Crippen LogP contribution in [0, 0.1) is 0 Å². The summed E-state index contributed by atoms with van der Waals surface area (Å²) in [6.45, 7) is 5.23. The number of amides is 2. The molecule has 2 aliphatic rings. The Hall–Kier alpha value is -2.37. The van der Waals surface area contributed by atoms with Crippen LogP contribution in [-0.4, -0.2) is 57.9 Å². The van der Waals surface area contributed by atoms with Gasteiger partial charge in [0.1, 0.15) is 0 Å². The second-order valence-corrected chi connectivity index (χ2v) is 9.14. The lowest BCUT2D eigenvalue weighted by Crippen LogP contribution is -2.49. The third-order valence-corrected chi connectivity index (χ3v) is 6.94. The van der Waals surface area contributed by atoms with E-state index >= 15 is 0 Å². The van der Waals surface area contributed by atoms with Gasteiger partial charge in [0.2, 0.25) is 0 Å². The van der Waals surface area contributed by atoms with E-state index < -0.39 is 12.0 Å². The van der Waals surface area contributed by atoms with Crippen molar-refractivity contribution in [2.75, 3.05) is 19.0 Å². The summed E-state index contributed by atoms with van der Waals surface area (Å²) in [4.78, 5) is 25.5. The molecule has 4 rings (SSSR count). The van der Waals surface area contributed by atoms with Gasteiger partial charge in [-0.25, -0.2) is 9.59 Å². The molecular weight excluding hydrogens is 438 g/mol. The summed E-state index contributed by atoms with van der Waals surface area (Å²) in [6.07, 6.45) is 2.18. The number of urea groups is 1. The number of thiophene rings is 1. The Kier molecular flexibility index (Phi) is 6.93. The highest BCUT2D eigenvalue weighted by atomic mass is 32.2. The Morgan fingerprint density at radius 2 is 2.32 bits per heavy atom. The smallest absolute Gasteiger partial charge is 0.337 e. The van der Waals surface area contributed by atoms with Crippen molar-refractivity contribution in [2.24, 2.45) is 0 Å². The van der Waals surface area contributed by atoms with Crippen molar-refractivity contribution in [3.8, 4) is 10.7 Å². The molecule has 2 aliphatic heterocycles. The van der Waals surface area contributed by atoms with Gasteiger partial charge < -0.3 is 20.1 Å². The molecule has 0 bridgehead atoms. The highest BCUT2D eigenvalue weighted by molar-refractivity contribution is 7.99. The van der Waals surface area contributed by atoms with Crippen molar-refractivity contribution >= 4 is 35.1 Å². The van der Waals surface area contributed by atoms with E-state index in [-0.39, 0.29) is 18.7 Å². The lowest BCUT2D eigenvalue weighted by molar-refractivity contribution is -0.138. The van der Waals surface area contributed by atoms with Gasteiger partial charge in [0.05, 0.1) is 35.7 Å². The van der Waals surface area contributed by atoms with Crippen LogP contribution in [0.3, 0.4) is 0 Å². The van der Waals surface area contributed by atoms with Crippen molar-refractivity contribution in [3.05, 3.63) is 28.8 Å². The summed E-state index contributed by atoms with van der Waals surface area (Å²) in [5, 5.41) is 17.0. The van der Waals surface area contributed by atoms with Gasteiger partial charge in [-0.1, -0.05) is 17.8 Å². The third-order valence-electron chi connectivity index (χ3n) is 5.08. The predicted molar refractivity (Wildman–Crippen MR) is 118 cm³/mol. The van der Waals surface area contributed by atoms with Crippen molar-refractivity contribution in [3.63, 3.8) is 0 Å². The number of esters is 1. The summed E-state index contributed by atoms with van der Waals surface area (Å²) in [5.74, 6) is 0.730. The number of carbonyl (C=O) groups is 2. The Bertz CT molecular complexity index is 966. The molecule has 0 radical (unpaired) electrons. The SMILES string of the molecule is CCOC(=O)C1=C(CSc2nnc(-c3cccs3)n2C[C@@H]2CCCO2)NC(=O)N[C@@H]1C. The molecule has 2 aromatic heterocycles. The quantitative estimate of drug-likeness (QED) is 0.458. The normalized spacial score (nSPS) is 21.2. The lowest BCUT2D eigenvalue weighted by Gasteiger charge is -2.26. The van der Waals surface area contributed by atoms with Gasteiger partial charge in [-0.05, 0) is 38.1 Å². The number of thioether (sulfide) groups is 1. The Labute approximate surface area is 188 Å². The predicted octanol–water partition coefficient (Wildman–Crippen LogP) is 2.80. The molecule has 1 fully saturated rings. The first-order chi connectivity index (χ1) is 15.1. The molecule has 4 heterocycles. The molecule has 31 heavy (non-hydrogen) atoms. The van der Waals surface area contributed by atoms with Gasteiger partial charge in [0.25, 0.3) is 0 Å². The molecule has 9 nitrogen and oxygen atoms in total. The van der Waals surface area contributed by atoms with Crippen molar-refractivity contribution < 1.29 is 19.1 Å². The molecule has 11 heteroatoms. The Morgan fingerprint density at radius 3 is 3.03 bits per heavy atom. The lowest BCUT2D eigenvalue weighted by atomic mass is 10.1. The van der Waals surface area contributed by atoms with Crippen molar-refractivity contribution in [1.29, 1.82) is 0 Å². The molecule has 2 amide bonds. The zero-order chi connectivity index (χ0) is 21.8. The van der Waals surface area contributed by atoms with E-state index in [1.807, 2.05) is 17.5 Å². The fourth-order valence-corrected chi connectivity index (χ4v) is 5.30. The molecule has 0 aromatic carbocycles. The first-order valence-corrected chi connectivity index (χ1v) is 12.1. The van der Waals surface area contributed by atoms with Crippen LogP contribution in [0.15, 0.2) is 33.9 Å². The molecule has 166 valence electrons. The minimum absolute atomic E-state index is 0.127. The first-order valence-electron chi connectivity index (χ1n) is 10.3. The summed E-state index contributed by atoms with van der Waals surface area (Å²) in [5.41, 5.74) is 0.960. The van der Waals surface area contributed by atoms with E-state index in [2.05, 4.69) is 25.4 Å². The minimum Gasteiger partial charge on any atom is -0.463 e. The molecule has 2 N–H and O–H groups in total. The van der Waals surface area contributed by atoms with Gasteiger partial charge in [-0.15, -0.1) is 21.5 Å². The van der Waals surface area contributed by atoms with Crippen LogP contribution in [0.2, 0.25) is 0 Å². The second-order valence-electron chi connectivity index (χ2n) is 7.25. The summed E-state index contributed by atoms with van der Waals surface area (Å²) < 4.78 is 13.1. The number of carbonyl (C=O) groups excluding carboxylic acids is 2. The minimum atomic E-state index is -0.435. The van der Waals surface area contributed by atoms with E-state index in [1.54, 1.807) is 25.2 Å². The third kappa shape index (κ3) is 4.94. The van der Waals surface area contributed by atoms with Crippen LogP contribution in [0.4, 0.5) is 4.79 Å². The number of rotatable bonds is 8. The molecule has 2 atom stereocenters. The van der Waals surface area contributed by atoms with E-state index in [0.717, 1.165) is 35.3 Å². The molecule has 0 unspecified atom stereocenters. The number of nitrogens with one attached hydrogen (secondary N) is 2. The summed E-state index contributed by atoms with van der Waals surface area (Å²) in [6, 6.07) is 3.23. The van der Waals surface area contributed by atoms with E-state index in [4.69, 9.17) is 9.47 Å². The van der Waals surface area contributed by atoms with Crippen molar-refractivity contribution in [1.82, 2.24) is 25.4 Å². The average Bonchev–Trinajstić information content (AvgIpc) is 3.49. The van der Waals surface area contributed by atoms with Crippen LogP contribution < -0.4 is 10.6 Å². The topological polar surface area (TPSA) is 107 Å². The Morgan fingerprint density at radius 1 is 1.45 bits per heavy atom. The highest BCUT2D eigenvalue weighted by Crippen LogP contribution is 2.30. The fraction of sp³-hybridized carbons (Fsp3) is 0.500. The van der Waals surface area contributed by atoms with Gasteiger partial charge in [-0.2, -0.15) is 0 Å². The van der Waals surface area contributed by atoms with Crippen LogP contribution in [0.5, 0.6) is 0 Å². The number of aromatic nitrogens is 3. The van der Waals surface area contributed by atoms with Crippen LogP contribution in [0.25, 0.3) is 10.7 Å². The van der Waals surface area contributed by atoms with Crippen LogP contribution >= 0.6 is 23.1 Å². The van der Waals surface area contributed by atoms with Gasteiger partial charge >= 0.3 is 12.0 Å². The summed E-state index contributed by atoms with van der Waals surface area (Å²) in [7, 11) is 0. The van der Waals surface area contributed by atoms with Crippen LogP contribution in [0.1, 0.15) is 26.7 Å². The van der Waals surface area contributed by atoms with E-state index in [0.29, 0.717) is 23.6 Å². The largest absolute Gasteiger partial charge is 0.463 e. The molecule has 0 saturated carbocycles. The second kappa shape index (κ2) is 9.84.